The maximum absolute atomic E-state index is 13.6. The van der Waals surface area contributed by atoms with Crippen molar-refractivity contribution in [3.63, 3.8) is 0 Å². The van der Waals surface area contributed by atoms with Crippen molar-refractivity contribution in [2.45, 2.75) is 5.92 Å². The molecule has 7 nitrogen and oxygen atoms in total. The third-order valence-corrected chi connectivity index (χ3v) is 4.61. The predicted molar refractivity (Wildman–Crippen MR) is 92.0 cm³/mol. The van der Waals surface area contributed by atoms with Gasteiger partial charge in [-0.1, -0.05) is 30.3 Å². The van der Waals surface area contributed by atoms with Gasteiger partial charge in [0.05, 0.1) is 6.67 Å². The number of hydrogen-bond donors (Lipinski definition) is 1. The molecule has 0 unspecified atom stereocenters. The van der Waals surface area contributed by atoms with Gasteiger partial charge in [0.25, 0.3) is 5.91 Å². The minimum absolute atomic E-state index is 0.226. The van der Waals surface area contributed by atoms with Gasteiger partial charge in [-0.15, -0.1) is 0 Å². The van der Waals surface area contributed by atoms with E-state index in [0.717, 1.165) is 5.56 Å². The second-order valence-electron chi connectivity index (χ2n) is 6.24. The minimum Gasteiger partial charge on any atom is -0.336 e. The first kappa shape index (κ1) is 16.3. The van der Waals surface area contributed by atoms with E-state index in [-0.39, 0.29) is 17.7 Å². The first-order chi connectivity index (χ1) is 12.8. The molecule has 0 radical (unpaired) electrons. The number of carbonyl (C=O) groups excluding carboxylic acids is 1. The van der Waals surface area contributed by atoms with E-state index in [4.69, 9.17) is 0 Å². The number of hydrogen-bond acceptors (Lipinski definition) is 5. The van der Waals surface area contributed by atoms with Crippen molar-refractivity contribution >= 4 is 5.91 Å². The zero-order valence-electron chi connectivity index (χ0n) is 13.9. The van der Waals surface area contributed by atoms with Gasteiger partial charge in [0.15, 0.2) is 5.82 Å². The molecule has 1 amide bonds. The fraction of sp³-hybridized carbons (Fsp3) is 0.278. The molecule has 132 valence electrons. The number of halogens is 1. The van der Waals surface area contributed by atoms with Crippen LogP contribution in [0.4, 0.5) is 4.39 Å². The molecular formula is C18H17FN6O. The Morgan fingerprint density at radius 1 is 1.23 bits per heavy atom. The Hall–Kier alpha value is -3.16. The Bertz CT molecular complexity index is 885. The summed E-state index contributed by atoms with van der Waals surface area (Å²) < 4.78 is 13.6. The van der Waals surface area contributed by atoms with Gasteiger partial charge in [0.2, 0.25) is 0 Å². The van der Waals surface area contributed by atoms with E-state index >= 15 is 0 Å². The number of rotatable bonds is 4. The van der Waals surface area contributed by atoms with Crippen LogP contribution in [0.15, 0.2) is 48.9 Å². The van der Waals surface area contributed by atoms with E-state index in [1.165, 1.54) is 12.5 Å². The lowest BCUT2D eigenvalue weighted by Gasteiger charge is -2.15. The molecule has 0 bridgehead atoms. The highest BCUT2D eigenvalue weighted by Gasteiger charge is 2.38. The van der Waals surface area contributed by atoms with Crippen LogP contribution in [0.1, 0.15) is 22.2 Å². The average Bonchev–Trinajstić information content (AvgIpc) is 3.35. The van der Waals surface area contributed by atoms with Crippen molar-refractivity contribution in [2.75, 3.05) is 19.8 Å². The molecule has 0 spiro atoms. The lowest BCUT2D eigenvalue weighted by atomic mass is 9.97. The zero-order valence-corrected chi connectivity index (χ0v) is 13.9. The number of nitrogens with zero attached hydrogens (tertiary/aromatic N) is 5. The Morgan fingerprint density at radius 3 is 2.81 bits per heavy atom. The van der Waals surface area contributed by atoms with Gasteiger partial charge in [-0.25, -0.2) is 15.0 Å². The number of carbonyl (C=O) groups is 1. The number of benzene rings is 1. The first-order valence-corrected chi connectivity index (χ1v) is 8.35. The van der Waals surface area contributed by atoms with Crippen molar-refractivity contribution in [3.8, 4) is 11.4 Å². The Labute approximate surface area is 149 Å². The molecule has 1 N–H and O–H groups in total. The van der Waals surface area contributed by atoms with Gasteiger partial charge in [-0.05, 0) is 6.07 Å². The summed E-state index contributed by atoms with van der Waals surface area (Å²) in [5.74, 6) is 0.396. The highest BCUT2D eigenvalue weighted by molar-refractivity contribution is 5.92. The lowest BCUT2D eigenvalue weighted by Crippen LogP contribution is -2.29. The maximum atomic E-state index is 13.6. The molecule has 2 aromatic heterocycles. The highest BCUT2D eigenvalue weighted by atomic mass is 19.1. The van der Waals surface area contributed by atoms with E-state index in [0.29, 0.717) is 30.4 Å². The van der Waals surface area contributed by atoms with Gasteiger partial charge < -0.3 is 4.90 Å². The van der Waals surface area contributed by atoms with Gasteiger partial charge in [0.1, 0.15) is 17.8 Å². The van der Waals surface area contributed by atoms with Crippen LogP contribution in [0.5, 0.6) is 0 Å². The number of aromatic amines is 1. The van der Waals surface area contributed by atoms with Crippen LogP contribution in [0, 0.1) is 5.92 Å². The molecule has 3 heterocycles. The number of nitrogens with one attached hydrogen (secondary N) is 1. The molecule has 26 heavy (non-hydrogen) atoms. The SMILES string of the molecule is O=C(c1ccncn1)N1C[C@@H](CF)[C@H](c2nc(-c3ccccc3)n[nH]2)C1. The Balaban J connectivity index is 1.55. The van der Waals surface area contributed by atoms with Crippen LogP contribution in [0.3, 0.4) is 0 Å². The highest BCUT2D eigenvalue weighted by Crippen LogP contribution is 2.32. The van der Waals surface area contributed by atoms with Crippen LogP contribution in [0.2, 0.25) is 0 Å². The summed E-state index contributed by atoms with van der Waals surface area (Å²) >= 11 is 0. The molecule has 1 aliphatic heterocycles. The quantitative estimate of drug-likeness (QED) is 0.777. The van der Waals surface area contributed by atoms with Crippen molar-refractivity contribution in [1.82, 2.24) is 30.0 Å². The predicted octanol–water partition coefficient (Wildman–Crippen LogP) is 2.09. The lowest BCUT2D eigenvalue weighted by molar-refractivity contribution is 0.0778. The molecule has 1 saturated heterocycles. The monoisotopic (exact) mass is 352 g/mol. The smallest absolute Gasteiger partial charge is 0.272 e. The molecule has 0 saturated carbocycles. The third kappa shape index (κ3) is 3.05. The summed E-state index contributed by atoms with van der Waals surface area (Å²) in [7, 11) is 0. The van der Waals surface area contributed by atoms with E-state index in [1.807, 2.05) is 30.3 Å². The largest absolute Gasteiger partial charge is 0.336 e. The van der Waals surface area contributed by atoms with Gasteiger partial charge >= 0.3 is 0 Å². The molecule has 4 rings (SSSR count). The fourth-order valence-electron chi connectivity index (χ4n) is 3.24. The summed E-state index contributed by atoms with van der Waals surface area (Å²) in [4.78, 5) is 26.5. The summed E-state index contributed by atoms with van der Waals surface area (Å²) in [5, 5.41) is 7.16. The average molecular weight is 352 g/mol. The van der Waals surface area contributed by atoms with Gasteiger partial charge in [-0.3, -0.25) is 14.3 Å². The van der Waals surface area contributed by atoms with Crippen molar-refractivity contribution in [2.24, 2.45) is 5.92 Å². The minimum atomic E-state index is -0.528. The molecule has 1 aliphatic rings. The second-order valence-corrected chi connectivity index (χ2v) is 6.24. The molecule has 0 aliphatic carbocycles. The van der Waals surface area contributed by atoms with Gasteiger partial charge in [-0.2, -0.15) is 5.10 Å². The fourth-order valence-corrected chi connectivity index (χ4v) is 3.24. The molecule has 2 atom stereocenters. The van der Waals surface area contributed by atoms with E-state index in [1.54, 1.807) is 11.0 Å². The maximum Gasteiger partial charge on any atom is 0.272 e. The van der Waals surface area contributed by atoms with E-state index in [2.05, 4.69) is 25.1 Å². The zero-order chi connectivity index (χ0) is 17.9. The summed E-state index contributed by atoms with van der Waals surface area (Å²) in [6.45, 7) is 0.172. The van der Waals surface area contributed by atoms with Crippen molar-refractivity contribution < 1.29 is 9.18 Å². The molecule has 8 heteroatoms. The van der Waals surface area contributed by atoms with Crippen LogP contribution in [-0.2, 0) is 0 Å². The molecule has 1 fully saturated rings. The summed E-state index contributed by atoms with van der Waals surface area (Å²) in [6.07, 6.45) is 2.85. The van der Waals surface area contributed by atoms with Crippen LogP contribution in [-0.4, -0.2) is 55.7 Å². The molecular weight excluding hydrogens is 335 g/mol. The Kier molecular flexibility index (Phi) is 4.39. The number of aromatic nitrogens is 5. The van der Waals surface area contributed by atoms with E-state index in [9.17, 15) is 9.18 Å². The second kappa shape index (κ2) is 6.99. The summed E-state index contributed by atoms with van der Waals surface area (Å²) in [5.41, 5.74) is 1.19. The normalized spacial score (nSPS) is 19.7. The van der Waals surface area contributed by atoms with Crippen LogP contribution in [0.25, 0.3) is 11.4 Å². The van der Waals surface area contributed by atoms with Crippen molar-refractivity contribution in [3.05, 3.63) is 60.4 Å². The molecule has 3 aromatic rings. The number of alkyl halides is 1. The molecule has 1 aromatic carbocycles. The number of likely N-dealkylation sites (tertiary alicyclic amines) is 1. The number of amides is 1. The van der Waals surface area contributed by atoms with Gasteiger partial charge in [0, 0.05) is 36.7 Å². The number of H-pyrrole nitrogens is 1. The standard InChI is InChI=1S/C18H17FN6O/c19-8-13-9-25(18(26)15-6-7-20-11-21-15)10-14(13)17-22-16(23-24-17)12-4-2-1-3-5-12/h1-7,11,13-14H,8-10H2,(H,22,23,24)/t13-,14-/m1/s1. The van der Waals surface area contributed by atoms with Crippen LogP contribution >= 0.6 is 0 Å². The van der Waals surface area contributed by atoms with Crippen molar-refractivity contribution in [1.29, 1.82) is 0 Å². The first-order valence-electron chi connectivity index (χ1n) is 8.35. The topological polar surface area (TPSA) is 87.7 Å². The van der Waals surface area contributed by atoms with Crippen LogP contribution < -0.4 is 0 Å². The summed E-state index contributed by atoms with van der Waals surface area (Å²) in [6, 6.07) is 11.1. The third-order valence-electron chi connectivity index (χ3n) is 4.61. The van der Waals surface area contributed by atoms with E-state index < -0.39 is 6.67 Å². The Morgan fingerprint density at radius 2 is 2.08 bits per heavy atom.